The molecule has 2 aromatic rings. The van der Waals surface area contributed by atoms with Crippen molar-refractivity contribution in [3.8, 4) is 5.75 Å². The van der Waals surface area contributed by atoms with E-state index in [1.54, 1.807) is 12.1 Å². The van der Waals surface area contributed by atoms with Gasteiger partial charge < -0.3 is 9.84 Å². The first-order chi connectivity index (χ1) is 15.4. The van der Waals surface area contributed by atoms with E-state index < -0.39 is 24.4 Å². The third-order valence-corrected chi connectivity index (χ3v) is 5.61. The molecular weight excluding hydrogens is 487 g/mol. The summed E-state index contributed by atoms with van der Waals surface area (Å²) >= 11 is 17.6. The Kier molecular flexibility index (Phi) is 7.11. The second-order valence-electron chi connectivity index (χ2n) is 8.25. The van der Waals surface area contributed by atoms with Crippen LogP contribution in [0.3, 0.4) is 0 Å². The lowest BCUT2D eigenvalue weighted by Crippen LogP contribution is -2.54. The Morgan fingerprint density at radius 3 is 2.24 bits per heavy atom. The molecule has 2 amide bonds. The minimum absolute atomic E-state index is 0.0101. The molecule has 172 valence electrons. The number of carbonyl (C=O) groups is 3. The van der Waals surface area contributed by atoms with Gasteiger partial charge in [0.25, 0.3) is 11.8 Å². The fraction of sp³-hybridized carbons (Fsp3) is 0.217. The maximum absolute atomic E-state index is 13.2. The smallest absolute Gasteiger partial charge is 0.341 e. The van der Waals surface area contributed by atoms with Crippen molar-refractivity contribution in [3.63, 3.8) is 0 Å². The number of benzene rings is 2. The minimum Gasteiger partial charge on any atom is -0.479 e. The molecule has 10 heteroatoms. The van der Waals surface area contributed by atoms with Crippen LogP contribution in [0.5, 0.6) is 5.75 Å². The zero-order valence-corrected chi connectivity index (χ0v) is 20.3. The number of carbonyl (C=O) groups excluding carboxylic acids is 2. The number of halogens is 2. The monoisotopic (exact) mass is 506 g/mol. The molecule has 1 saturated heterocycles. The van der Waals surface area contributed by atoms with Crippen LogP contribution in [0.4, 0.5) is 5.69 Å². The van der Waals surface area contributed by atoms with E-state index in [1.807, 2.05) is 12.1 Å². The molecule has 0 atom stereocenters. The average Bonchev–Trinajstić information content (AvgIpc) is 2.70. The van der Waals surface area contributed by atoms with E-state index >= 15 is 0 Å². The van der Waals surface area contributed by atoms with Crippen molar-refractivity contribution in [2.75, 3.05) is 11.5 Å². The van der Waals surface area contributed by atoms with Crippen LogP contribution in [0, 0.1) is 0 Å². The summed E-state index contributed by atoms with van der Waals surface area (Å²) < 4.78 is 5.08. The Morgan fingerprint density at radius 1 is 1.15 bits per heavy atom. The average molecular weight is 507 g/mol. The van der Waals surface area contributed by atoms with Gasteiger partial charge in [-0.15, -0.1) is 0 Å². The Morgan fingerprint density at radius 2 is 1.73 bits per heavy atom. The molecule has 2 aromatic carbocycles. The van der Waals surface area contributed by atoms with Gasteiger partial charge in [-0.1, -0.05) is 56.1 Å². The number of thiocarbonyl (C=S) groups is 1. The molecule has 3 rings (SSSR count). The molecule has 0 unspecified atom stereocenters. The summed E-state index contributed by atoms with van der Waals surface area (Å²) in [6.45, 7) is 5.61. The predicted molar refractivity (Wildman–Crippen MR) is 131 cm³/mol. The van der Waals surface area contributed by atoms with Crippen molar-refractivity contribution < 1.29 is 24.2 Å². The van der Waals surface area contributed by atoms with E-state index in [0.717, 1.165) is 5.56 Å². The molecule has 0 bridgehead atoms. The molecule has 2 N–H and O–H groups in total. The quantitative estimate of drug-likeness (QED) is 0.349. The van der Waals surface area contributed by atoms with Crippen molar-refractivity contribution in [1.82, 2.24) is 5.32 Å². The highest BCUT2D eigenvalue weighted by atomic mass is 35.5. The van der Waals surface area contributed by atoms with Gasteiger partial charge in [0.1, 0.15) is 5.57 Å². The second kappa shape index (κ2) is 9.51. The lowest BCUT2D eigenvalue weighted by Gasteiger charge is -2.29. The van der Waals surface area contributed by atoms with Gasteiger partial charge in [-0.3, -0.25) is 19.8 Å². The topological polar surface area (TPSA) is 95.9 Å². The van der Waals surface area contributed by atoms with Crippen molar-refractivity contribution in [2.45, 2.75) is 26.2 Å². The first kappa shape index (κ1) is 24.7. The molecule has 0 radical (unpaired) electrons. The highest BCUT2D eigenvalue weighted by Gasteiger charge is 2.34. The van der Waals surface area contributed by atoms with Crippen molar-refractivity contribution >= 4 is 70.1 Å². The van der Waals surface area contributed by atoms with Crippen LogP contribution in [0.1, 0.15) is 31.9 Å². The first-order valence-corrected chi connectivity index (χ1v) is 10.9. The zero-order valence-electron chi connectivity index (χ0n) is 17.9. The lowest BCUT2D eigenvalue weighted by molar-refractivity contribution is -0.139. The molecule has 1 fully saturated rings. The SMILES string of the molecule is CC(C)(C)c1ccc(N2C(=O)/C(=C/c3cc(Cl)c(OCC(=O)O)c(Cl)c3)C(=O)NC2=S)cc1. The number of carboxylic acids is 1. The van der Waals surface area contributed by atoms with Gasteiger partial charge in [0, 0.05) is 0 Å². The first-order valence-electron chi connectivity index (χ1n) is 9.74. The Labute approximate surface area is 205 Å². The lowest BCUT2D eigenvalue weighted by atomic mass is 9.87. The number of rotatable bonds is 5. The largest absolute Gasteiger partial charge is 0.479 e. The molecule has 1 heterocycles. The summed E-state index contributed by atoms with van der Waals surface area (Å²) in [5, 5.41) is 11.3. The van der Waals surface area contributed by atoms with Gasteiger partial charge in [-0.25, -0.2) is 4.79 Å². The van der Waals surface area contributed by atoms with Crippen LogP contribution in [0.25, 0.3) is 6.08 Å². The van der Waals surface area contributed by atoms with E-state index in [9.17, 15) is 14.4 Å². The van der Waals surface area contributed by atoms with Crippen LogP contribution in [-0.2, 0) is 19.8 Å². The molecule has 0 aromatic heterocycles. The molecule has 33 heavy (non-hydrogen) atoms. The maximum Gasteiger partial charge on any atom is 0.341 e. The summed E-state index contributed by atoms with van der Waals surface area (Å²) in [5.74, 6) is -2.47. The third kappa shape index (κ3) is 5.52. The van der Waals surface area contributed by atoms with Crippen molar-refractivity contribution in [3.05, 3.63) is 63.1 Å². The number of hydrogen-bond donors (Lipinski definition) is 2. The number of nitrogens with zero attached hydrogens (tertiary/aromatic N) is 1. The fourth-order valence-corrected chi connectivity index (χ4v) is 4.00. The van der Waals surface area contributed by atoms with E-state index in [4.69, 9.17) is 45.3 Å². The Hall–Kier alpha value is -2.94. The summed E-state index contributed by atoms with van der Waals surface area (Å²) in [6, 6.07) is 10.2. The standard InChI is InChI=1S/C23H20Cl2N2O5S/c1-23(2,3)13-4-6-14(7-5-13)27-21(31)15(20(30)26-22(27)33)8-12-9-16(24)19(17(25)10-12)32-11-18(28)29/h4-10H,11H2,1-3H3,(H,28,29)(H,26,30,33)/b15-8+. The Balaban J connectivity index is 1.95. The van der Waals surface area contributed by atoms with Gasteiger partial charge >= 0.3 is 5.97 Å². The fourth-order valence-electron chi connectivity index (χ4n) is 3.10. The summed E-state index contributed by atoms with van der Waals surface area (Å²) in [4.78, 5) is 37.7. The zero-order chi connectivity index (χ0) is 24.5. The predicted octanol–water partition coefficient (Wildman–Crippen LogP) is 4.59. The number of hydrogen-bond acceptors (Lipinski definition) is 5. The number of aliphatic carboxylic acids is 1. The van der Waals surface area contributed by atoms with Gasteiger partial charge in [-0.2, -0.15) is 0 Å². The van der Waals surface area contributed by atoms with E-state index in [2.05, 4.69) is 26.1 Å². The molecule has 0 aliphatic carbocycles. The molecular formula is C23H20Cl2N2O5S. The van der Waals surface area contributed by atoms with Crippen LogP contribution < -0.4 is 15.0 Å². The van der Waals surface area contributed by atoms with Gasteiger partial charge in [0.15, 0.2) is 17.5 Å². The summed E-state index contributed by atoms with van der Waals surface area (Å²) in [6.07, 6.45) is 1.33. The molecule has 0 spiro atoms. The van der Waals surface area contributed by atoms with Crippen LogP contribution in [-0.4, -0.2) is 34.6 Å². The van der Waals surface area contributed by atoms with E-state index in [-0.39, 0.29) is 31.9 Å². The number of ether oxygens (including phenoxy) is 1. The minimum atomic E-state index is -1.19. The Bertz CT molecular complexity index is 1160. The number of anilines is 1. The van der Waals surface area contributed by atoms with Gasteiger partial charge in [0.2, 0.25) is 0 Å². The van der Waals surface area contributed by atoms with Crippen LogP contribution >= 0.6 is 35.4 Å². The van der Waals surface area contributed by atoms with Gasteiger partial charge in [0.05, 0.1) is 15.7 Å². The van der Waals surface area contributed by atoms with E-state index in [1.165, 1.54) is 23.1 Å². The van der Waals surface area contributed by atoms with Crippen LogP contribution in [0.15, 0.2) is 42.0 Å². The van der Waals surface area contributed by atoms with Crippen molar-refractivity contribution in [1.29, 1.82) is 0 Å². The molecule has 1 aliphatic rings. The molecule has 1 aliphatic heterocycles. The van der Waals surface area contributed by atoms with E-state index in [0.29, 0.717) is 11.3 Å². The normalized spacial score (nSPS) is 15.6. The number of amides is 2. The molecule has 7 nitrogen and oxygen atoms in total. The highest BCUT2D eigenvalue weighted by Crippen LogP contribution is 2.35. The molecule has 0 saturated carbocycles. The van der Waals surface area contributed by atoms with Gasteiger partial charge in [-0.05, 0) is 59.1 Å². The second-order valence-corrected chi connectivity index (χ2v) is 9.45. The number of carboxylic acid groups (broad SMARTS) is 1. The van der Waals surface area contributed by atoms with Crippen LogP contribution in [0.2, 0.25) is 10.0 Å². The highest BCUT2D eigenvalue weighted by molar-refractivity contribution is 7.80. The van der Waals surface area contributed by atoms with Crippen molar-refractivity contribution in [2.24, 2.45) is 0 Å². The third-order valence-electron chi connectivity index (χ3n) is 4.76. The number of nitrogens with one attached hydrogen (secondary N) is 1. The maximum atomic E-state index is 13.2. The summed E-state index contributed by atoms with van der Waals surface area (Å²) in [7, 11) is 0. The summed E-state index contributed by atoms with van der Waals surface area (Å²) in [5.41, 5.74) is 1.70.